The Labute approximate surface area is 195 Å². The van der Waals surface area contributed by atoms with E-state index in [1.807, 2.05) is 13.0 Å². The molecule has 9 atom stereocenters. The molecule has 5 rings (SSSR count). The van der Waals surface area contributed by atoms with Gasteiger partial charge < -0.3 is 10.2 Å². The molecule has 0 bridgehead atoms. The van der Waals surface area contributed by atoms with Gasteiger partial charge in [0.2, 0.25) is 0 Å². The van der Waals surface area contributed by atoms with Gasteiger partial charge in [0.25, 0.3) is 0 Å². The van der Waals surface area contributed by atoms with E-state index in [0.29, 0.717) is 11.3 Å². The molecule has 0 saturated heterocycles. The molecule has 1 heterocycles. The monoisotopic (exact) mass is 439 g/mol. The highest BCUT2D eigenvalue weighted by molar-refractivity contribution is 5.13. The number of aromatic nitrogens is 1. The zero-order valence-corrected chi connectivity index (χ0v) is 20.8. The molecule has 32 heavy (non-hydrogen) atoms. The lowest BCUT2D eigenvalue weighted by Gasteiger charge is -2.61. The Morgan fingerprint density at radius 3 is 2.53 bits per heavy atom. The predicted octanol–water partition coefficient (Wildman–Crippen LogP) is 6.09. The fourth-order valence-electron chi connectivity index (χ4n) is 9.55. The van der Waals surface area contributed by atoms with Crippen molar-refractivity contribution in [1.29, 1.82) is 0 Å². The third-order valence-electron chi connectivity index (χ3n) is 11.2. The van der Waals surface area contributed by atoms with Crippen molar-refractivity contribution < 1.29 is 10.2 Å². The molecule has 0 aliphatic heterocycles. The topological polar surface area (TPSA) is 53.4 Å². The Morgan fingerprint density at radius 1 is 1.00 bits per heavy atom. The van der Waals surface area contributed by atoms with Crippen LogP contribution in [-0.2, 0) is 6.42 Å². The molecule has 3 nitrogen and oxygen atoms in total. The summed E-state index contributed by atoms with van der Waals surface area (Å²) in [6.45, 7) is 9.27. The predicted molar refractivity (Wildman–Crippen MR) is 129 cm³/mol. The summed E-state index contributed by atoms with van der Waals surface area (Å²) in [7, 11) is 0. The highest BCUT2D eigenvalue weighted by Crippen LogP contribution is 2.68. The number of rotatable bonds is 4. The zero-order valence-electron chi connectivity index (χ0n) is 20.8. The number of aliphatic hydroxyl groups excluding tert-OH is 1. The number of aryl methyl sites for hydroxylation is 2. The van der Waals surface area contributed by atoms with Crippen LogP contribution in [0.4, 0.5) is 0 Å². The maximum Gasteiger partial charge on any atom is 0.0656 e. The van der Waals surface area contributed by atoms with Crippen molar-refractivity contribution in [2.75, 3.05) is 0 Å². The summed E-state index contributed by atoms with van der Waals surface area (Å²) >= 11 is 0. The Bertz CT molecular complexity index is 836. The number of nitrogens with zero attached hydrogens (tertiary/aromatic N) is 1. The molecular weight excluding hydrogens is 394 g/mol. The van der Waals surface area contributed by atoms with Crippen LogP contribution in [0.5, 0.6) is 0 Å². The quantitative estimate of drug-likeness (QED) is 0.596. The SMILES string of the molecule is Cc1cccc(CC[C@@](C)(O)[C@H]2CC[C@H]3[C@@H]4CCC5C[C@@H](O)CC[C@]5(C)[C@H]4CC[C@@]32C)n1. The zero-order chi connectivity index (χ0) is 22.7. The van der Waals surface area contributed by atoms with Crippen LogP contribution in [0.15, 0.2) is 18.2 Å². The van der Waals surface area contributed by atoms with Crippen LogP contribution in [0.2, 0.25) is 0 Å². The van der Waals surface area contributed by atoms with Crippen LogP contribution in [-0.4, -0.2) is 26.9 Å². The van der Waals surface area contributed by atoms with Gasteiger partial charge in [-0.3, -0.25) is 4.98 Å². The number of fused-ring (bicyclic) bond motifs is 5. The minimum absolute atomic E-state index is 0.0627. The van der Waals surface area contributed by atoms with E-state index in [-0.39, 0.29) is 11.5 Å². The second-order valence-electron chi connectivity index (χ2n) is 12.9. The molecule has 0 amide bonds. The maximum atomic E-state index is 11.8. The molecular formula is C29H45NO2. The van der Waals surface area contributed by atoms with Gasteiger partial charge in [-0.2, -0.15) is 0 Å². The number of pyridine rings is 1. The number of aliphatic hydroxyl groups is 2. The van der Waals surface area contributed by atoms with E-state index in [1.165, 1.54) is 44.9 Å². The van der Waals surface area contributed by atoms with Gasteiger partial charge >= 0.3 is 0 Å². The maximum absolute atomic E-state index is 11.8. The van der Waals surface area contributed by atoms with Gasteiger partial charge in [-0.1, -0.05) is 19.9 Å². The largest absolute Gasteiger partial charge is 0.393 e. The molecule has 1 aromatic heterocycles. The molecule has 3 heteroatoms. The number of hydrogen-bond donors (Lipinski definition) is 2. The fourth-order valence-corrected chi connectivity index (χ4v) is 9.55. The van der Waals surface area contributed by atoms with Crippen molar-refractivity contribution in [3.63, 3.8) is 0 Å². The first-order valence-electron chi connectivity index (χ1n) is 13.5. The first-order valence-corrected chi connectivity index (χ1v) is 13.5. The Balaban J connectivity index is 1.32. The molecule has 4 aliphatic carbocycles. The third kappa shape index (κ3) is 3.66. The van der Waals surface area contributed by atoms with E-state index in [1.54, 1.807) is 0 Å². The highest BCUT2D eigenvalue weighted by Gasteiger charge is 2.62. The minimum Gasteiger partial charge on any atom is -0.393 e. The lowest BCUT2D eigenvalue weighted by Crippen LogP contribution is -2.55. The van der Waals surface area contributed by atoms with E-state index in [0.717, 1.165) is 60.7 Å². The minimum atomic E-state index is -0.627. The summed E-state index contributed by atoms with van der Waals surface area (Å²) < 4.78 is 0. The van der Waals surface area contributed by atoms with Crippen molar-refractivity contribution in [3.05, 3.63) is 29.6 Å². The van der Waals surface area contributed by atoms with Crippen molar-refractivity contribution in [2.45, 2.75) is 110 Å². The second kappa shape index (κ2) is 8.08. The van der Waals surface area contributed by atoms with Gasteiger partial charge in [0, 0.05) is 11.4 Å². The van der Waals surface area contributed by atoms with E-state index in [9.17, 15) is 10.2 Å². The van der Waals surface area contributed by atoms with Crippen molar-refractivity contribution >= 4 is 0 Å². The first-order chi connectivity index (χ1) is 15.1. The van der Waals surface area contributed by atoms with E-state index >= 15 is 0 Å². The van der Waals surface area contributed by atoms with E-state index < -0.39 is 5.60 Å². The summed E-state index contributed by atoms with van der Waals surface area (Å²) in [5.74, 6) is 3.53. The molecule has 178 valence electrons. The normalized spacial score (nSPS) is 45.4. The summed E-state index contributed by atoms with van der Waals surface area (Å²) in [5, 5.41) is 22.0. The molecule has 4 saturated carbocycles. The average Bonchev–Trinajstić information content (AvgIpc) is 3.11. The fraction of sp³-hybridized carbons (Fsp3) is 0.828. The van der Waals surface area contributed by atoms with Gasteiger partial charge in [-0.05, 0) is 137 Å². The summed E-state index contributed by atoms with van der Waals surface area (Å²) in [4.78, 5) is 4.68. The van der Waals surface area contributed by atoms with Crippen LogP contribution in [0.3, 0.4) is 0 Å². The van der Waals surface area contributed by atoms with Crippen molar-refractivity contribution in [3.8, 4) is 0 Å². The Morgan fingerprint density at radius 2 is 1.75 bits per heavy atom. The van der Waals surface area contributed by atoms with Crippen LogP contribution in [0.1, 0.15) is 96.4 Å². The van der Waals surface area contributed by atoms with Crippen LogP contribution >= 0.6 is 0 Å². The standard InChI is InChI=1S/C29H45NO2/c1-19-6-5-7-21(30-19)12-17-29(4,32)26-11-10-24-23-9-8-20-18-22(31)13-15-27(20,2)25(23)14-16-28(24,26)3/h5-7,20,22-26,31-32H,8-18H2,1-4H3/t20?,22-,23-,24-,25-,26-,27-,28-,29+/m0/s1. The van der Waals surface area contributed by atoms with Gasteiger partial charge in [0.15, 0.2) is 0 Å². The van der Waals surface area contributed by atoms with Crippen LogP contribution in [0, 0.1) is 47.3 Å². The Hall–Kier alpha value is -0.930. The third-order valence-corrected chi connectivity index (χ3v) is 11.2. The molecule has 4 aliphatic rings. The van der Waals surface area contributed by atoms with Gasteiger partial charge in [-0.15, -0.1) is 0 Å². The van der Waals surface area contributed by atoms with E-state index in [4.69, 9.17) is 0 Å². The average molecular weight is 440 g/mol. The summed E-state index contributed by atoms with van der Waals surface area (Å²) in [6, 6.07) is 6.24. The molecule has 1 aromatic rings. The lowest BCUT2D eigenvalue weighted by molar-refractivity contribution is -0.144. The van der Waals surface area contributed by atoms with Crippen molar-refractivity contribution in [2.24, 2.45) is 40.4 Å². The summed E-state index contributed by atoms with van der Waals surface area (Å²) in [5.41, 5.74) is 2.24. The Kier molecular flexibility index (Phi) is 5.77. The molecule has 4 fully saturated rings. The first kappa shape index (κ1) is 22.8. The van der Waals surface area contributed by atoms with Crippen LogP contribution in [0.25, 0.3) is 0 Å². The smallest absolute Gasteiger partial charge is 0.0656 e. The van der Waals surface area contributed by atoms with Crippen LogP contribution < -0.4 is 0 Å². The lowest BCUT2D eigenvalue weighted by atomic mass is 9.44. The second-order valence-corrected chi connectivity index (χ2v) is 12.9. The van der Waals surface area contributed by atoms with Gasteiger partial charge in [0.1, 0.15) is 0 Å². The van der Waals surface area contributed by atoms with Gasteiger partial charge in [-0.25, -0.2) is 0 Å². The van der Waals surface area contributed by atoms with Gasteiger partial charge in [0.05, 0.1) is 11.7 Å². The highest BCUT2D eigenvalue weighted by atomic mass is 16.3. The van der Waals surface area contributed by atoms with E-state index in [2.05, 4.69) is 37.9 Å². The molecule has 0 radical (unpaired) electrons. The van der Waals surface area contributed by atoms with Crippen molar-refractivity contribution in [1.82, 2.24) is 4.98 Å². The number of hydrogen-bond acceptors (Lipinski definition) is 3. The molecule has 1 unspecified atom stereocenters. The molecule has 0 aromatic carbocycles. The molecule has 2 N–H and O–H groups in total. The molecule has 0 spiro atoms. The summed E-state index contributed by atoms with van der Waals surface area (Å²) in [6.07, 6.45) is 12.6.